The van der Waals surface area contributed by atoms with E-state index in [4.69, 9.17) is 17.2 Å². The van der Waals surface area contributed by atoms with Crippen LogP contribution in [-0.2, 0) is 6.67 Å². The van der Waals surface area contributed by atoms with E-state index in [1.54, 1.807) is 22.7 Å². The largest absolute Gasteiger partial charge is 0.277 e. The van der Waals surface area contributed by atoms with Crippen LogP contribution in [0, 0.1) is 4.77 Å². The number of likely N-dealkylation sites (tertiary alicyclic amines) is 1. The molecule has 1 saturated heterocycles. The van der Waals surface area contributed by atoms with Gasteiger partial charge in [0.25, 0.3) is 0 Å². The van der Waals surface area contributed by atoms with Crippen molar-refractivity contribution in [3.63, 3.8) is 0 Å². The lowest BCUT2D eigenvalue weighted by molar-refractivity contribution is 0.190. The molecule has 1 fully saturated rings. The van der Waals surface area contributed by atoms with Gasteiger partial charge in [-0.25, -0.2) is 9.67 Å². The van der Waals surface area contributed by atoms with Crippen LogP contribution in [0.3, 0.4) is 0 Å². The maximum atomic E-state index is 5.47. The summed E-state index contributed by atoms with van der Waals surface area (Å²) in [5, 5.41) is 6.61. The molecule has 132 valence electrons. The first kappa shape index (κ1) is 16.3. The highest BCUT2D eigenvalue weighted by atomic mass is 32.1. The lowest BCUT2D eigenvalue weighted by Gasteiger charge is -2.22. The number of aromatic amines is 1. The topological polar surface area (TPSA) is 49.7 Å². The van der Waals surface area contributed by atoms with Crippen molar-refractivity contribution in [3.8, 4) is 10.7 Å². The number of thiazole rings is 1. The summed E-state index contributed by atoms with van der Waals surface area (Å²) in [6, 6.07) is 12.8. The van der Waals surface area contributed by atoms with Gasteiger partial charge in [-0.3, -0.25) is 10.00 Å². The zero-order valence-electron chi connectivity index (χ0n) is 14.0. The average Bonchev–Trinajstić information content (AvgIpc) is 3.42. The van der Waals surface area contributed by atoms with Crippen molar-refractivity contribution in [1.82, 2.24) is 24.6 Å². The van der Waals surface area contributed by atoms with Gasteiger partial charge in [0.05, 0.1) is 27.8 Å². The maximum Gasteiger partial charge on any atom is 0.217 e. The number of hydrogen-bond donors (Lipinski definition) is 1. The van der Waals surface area contributed by atoms with Crippen LogP contribution >= 0.6 is 34.9 Å². The predicted octanol–water partition coefficient (Wildman–Crippen LogP) is 5.07. The third kappa shape index (κ3) is 2.92. The number of benzene rings is 1. The van der Waals surface area contributed by atoms with Crippen molar-refractivity contribution in [1.29, 1.82) is 0 Å². The zero-order chi connectivity index (χ0) is 17.5. The van der Waals surface area contributed by atoms with E-state index in [1.807, 2.05) is 16.8 Å². The van der Waals surface area contributed by atoms with Crippen LogP contribution in [0.15, 0.2) is 41.8 Å². The van der Waals surface area contributed by atoms with E-state index < -0.39 is 0 Å². The molecule has 1 atom stereocenters. The van der Waals surface area contributed by atoms with Crippen LogP contribution in [0.5, 0.6) is 0 Å². The molecular weight excluding hydrogens is 382 g/mol. The molecule has 0 saturated carbocycles. The van der Waals surface area contributed by atoms with E-state index in [-0.39, 0.29) is 0 Å². The van der Waals surface area contributed by atoms with E-state index >= 15 is 0 Å². The highest BCUT2D eigenvalue weighted by Crippen LogP contribution is 2.36. The van der Waals surface area contributed by atoms with E-state index in [0.717, 1.165) is 35.9 Å². The van der Waals surface area contributed by atoms with Crippen molar-refractivity contribution in [2.45, 2.75) is 25.6 Å². The van der Waals surface area contributed by atoms with Crippen molar-refractivity contribution < 1.29 is 0 Å². The van der Waals surface area contributed by atoms with Gasteiger partial charge in [0.2, 0.25) is 4.77 Å². The molecule has 1 N–H and O–H groups in total. The van der Waals surface area contributed by atoms with Crippen LogP contribution in [0.2, 0.25) is 0 Å². The SMILES string of the molecule is S=c1nc(-c2cccs2)[nH]n1CN1CCC[C@H]1c1nc2ccccc2s1. The fourth-order valence-electron chi connectivity index (χ4n) is 3.47. The van der Waals surface area contributed by atoms with Gasteiger partial charge in [-0.15, -0.1) is 22.7 Å². The molecule has 1 aromatic carbocycles. The Morgan fingerprint density at radius 2 is 2.12 bits per heavy atom. The number of nitrogens with zero attached hydrogens (tertiary/aromatic N) is 4. The fourth-order valence-corrected chi connectivity index (χ4v) is 5.46. The minimum absolute atomic E-state index is 0.350. The first-order valence-electron chi connectivity index (χ1n) is 8.58. The molecule has 1 aliphatic rings. The molecular formula is C18H17N5S3. The summed E-state index contributed by atoms with van der Waals surface area (Å²) < 4.78 is 3.83. The molecule has 0 bridgehead atoms. The molecule has 0 spiro atoms. The number of nitrogens with one attached hydrogen (secondary N) is 1. The van der Waals surface area contributed by atoms with Gasteiger partial charge >= 0.3 is 0 Å². The molecule has 4 heterocycles. The van der Waals surface area contributed by atoms with Crippen LogP contribution in [0.25, 0.3) is 20.9 Å². The molecule has 5 nitrogen and oxygen atoms in total. The first-order chi connectivity index (χ1) is 12.8. The van der Waals surface area contributed by atoms with Gasteiger partial charge in [-0.2, -0.15) is 4.98 Å². The van der Waals surface area contributed by atoms with Gasteiger partial charge in [0, 0.05) is 6.54 Å². The number of rotatable bonds is 4. The van der Waals surface area contributed by atoms with E-state index in [2.05, 4.69) is 44.6 Å². The smallest absolute Gasteiger partial charge is 0.217 e. The summed E-state index contributed by atoms with van der Waals surface area (Å²) in [4.78, 5) is 13.0. The van der Waals surface area contributed by atoms with Crippen LogP contribution in [0.4, 0.5) is 0 Å². The zero-order valence-corrected chi connectivity index (χ0v) is 16.4. The van der Waals surface area contributed by atoms with Gasteiger partial charge in [0.15, 0.2) is 5.82 Å². The monoisotopic (exact) mass is 399 g/mol. The quantitative estimate of drug-likeness (QED) is 0.487. The van der Waals surface area contributed by atoms with Crippen LogP contribution < -0.4 is 0 Å². The molecule has 5 rings (SSSR count). The van der Waals surface area contributed by atoms with Crippen molar-refractivity contribution in [2.24, 2.45) is 0 Å². The van der Waals surface area contributed by atoms with E-state index in [9.17, 15) is 0 Å². The van der Waals surface area contributed by atoms with Crippen LogP contribution in [0.1, 0.15) is 23.9 Å². The van der Waals surface area contributed by atoms with Gasteiger partial charge in [-0.1, -0.05) is 18.2 Å². The predicted molar refractivity (Wildman–Crippen MR) is 109 cm³/mol. The number of H-pyrrole nitrogens is 1. The second-order valence-electron chi connectivity index (χ2n) is 6.39. The second kappa shape index (κ2) is 6.70. The summed E-state index contributed by atoms with van der Waals surface area (Å²) in [6.07, 6.45) is 2.32. The Morgan fingerprint density at radius 1 is 1.19 bits per heavy atom. The Bertz CT molecular complexity index is 1060. The van der Waals surface area contributed by atoms with Crippen molar-refractivity contribution in [3.05, 3.63) is 51.6 Å². The summed E-state index contributed by atoms with van der Waals surface area (Å²) in [6.45, 7) is 1.77. The minimum atomic E-state index is 0.350. The molecule has 4 aromatic rings. The number of hydrogen-bond acceptors (Lipinski definition) is 6. The Kier molecular flexibility index (Phi) is 4.20. The van der Waals surface area contributed by atoms with E-state index in [0.29, 0.717) is 10.8 Å². The van der Waals surface area contributed by atoms with Gasteiger partial charge in [-0.05, 0) is 48.6 Å². The average molecular weight is 400 g/mol. The fraction of sp³-hybridized carbons (Fsp3) is 0.278. The van der Waals surface area contributed by atoms with Gasteiger partial charge < -0.3 is 0 Å². The molecule has 1 aliphatic heterocycles. The third-order valence-electron chi connectivity index (χ3n) is 4.72. The summed E-state index contributed by atoms with van der Waals surface area (Å²) in [5.41, 5.74) is 1.09. The van der Waals surface area contributed by atoms with Gasteiger partial charge in [0.1, 0.15) is 5.01 Å². The van der Waals surface area contributed by atoms with Crippen LogP contribution in [-0.4, -0.2) is 31.2 Å². The minimum Gasteiger partial charge on any atom is -0.277 e. The summed E-state index contributed by atoms with van der Waals surface area (Å²) >= 11 is 8.94. The van der Waals surface area contributed by atoms with Crippen molar-refractivity contribution >= 4 is 45.1 Å². The van der Waals surface area contributed by atoms with Crippen molar-refractivity contribution in [2.75, 3.05) is 6.54 Å². The first-order valence-corrected chi connectivity index (χ1v) is 10.7. The molecule has 0 unspecified atom stereocenters. The lowest BCUT2D eigenvalue weighted by atomic mass is 10.2. The number of thiophene rings is 1. The molecule has 0 aliphatic carbocycles. The Balaban J connectivity index is 1.42. The Morgan fingerprint density at radius 3 is 2.96 bits per heavy atom. The van der Waals surface area contributed by atoms with E-state index in [1.165, 1.54) is 16.1 Å². The number of fused-ring (bicyclic) bond motifs is 1. The Hall–Kier alpha value is -1.87. The summed E-state index contributed by atoms with van der Waals surface area (Å²) in [7, 11) is 0. The normalized spacial score (nSPS) is 18.1. The third-order valence-corrected chi connectivity index (χ3v) is 7.04. The molecule has 0 amide bonds. The molecule has 3 aromatic heterocycles. The summed E-state index contributed by atoms with van der Waals surface area (Å²) in [5.74, 6) is 0.848. The number of aromatic nitrogens is 4. The maximum absolute atomic E-state index is 5.47. The molecule has 26 heavy (non-hydrogen) atoms. The lowest BCUT2D eigenvalue weighted by Crippen LogP contribution is -2.26. The number of para-hydroxylation sites is 1. The molecule has 0 radical (unpaired) electrons. The second-order valence-corrected chi connectivity index (χ2v) is 8.77. The molecule has 8 heteroatoms. The standard InChI is InChI=1S/C18H17N5S3/c24-18-20-16(15-8-4-10-25-15)21-23(18)11-22-9-3-6-13(22)17-19-12-5-1-2-7-14(12)26-17/h1-2,4-5,7-8,10,13H,3,6,9,11H2,(H,20,21,24)/t13-/m0/s1. The highest BCUT2D eigenvalue weighted by molar-refractivity contribution is 7.71. The Labute approximate surface area is 163 Å². The highest BCUT2D eigenvalue weighted by Gasteiger charge is 2.29.